The summed E-state index contributed by atoms with van der Waals surface area (Å²) in [7, 11) is 0. The quantitative estimate of drug-likeness (QED) is 0.753. The fourth-order valence-electron chi connectivity index (χ4n) is 4.07. The Morgan fingerprint density at radius 1 is 0.933 bits per heavy atom. The molecule has 0 aromatic heterocycles. The van der Waals surface area contributed by atoms with Gasteiger partial charge in [-0.2, -0.15) is 0 Å². The van der Waals surface area contributed by atoms with E-state index in [1.165, 1.54) is 11.8 Å². The van der Waals surface area contributed by atoms with Crippen molar-refractivity contribution in [2.75, 3.05) is 25.0 Å². The predicted molar refractivity (Wildman–Crippen MR) is 115 cm³/mol. The van der Waals surface area contributed by atoms with Crippen LogP contribution in [0.2, 0.25) is 0 Å². The van der Waals surface area contributed by atoms with Crippen molar-refractivity contribution in [3.8, 4) is 0 Å². The van der Waals surface area contributed by atoms with Gasteiger partial charge < -0.3 is 10.2 Å². The van der Waals surface area contributed by atoms with Gasteiger partial charge in [0, 0.05) is 32.2 Å². The Balaban J connectivity index is 1.63. The normalized spacial score (nSPS) is 16.6. The Bertz CT molecular complexity index is 990. The molecule has 3 amide bonds. The number of likely N-dealkylation sites (tertiary alicyclic amines) is 1. The standard InChI is InChI=1S/C24H25N3O3/c1-17(28)25-20-11-9-19(10-12-20)21-22(26-14-5-6-15-26)24(30)27(23(21)29)16-13-18-7-3-2-4-8-18/h2-4,7-12H,5-6,13-16H2,1H3,(H,25,28). The summed E-state index contributed by atoms with van der Waals surface area (Å²) in [4.78, 5) is 41.3. The summed E-state index contributed by atoms with van der Waals surface area (Å²) in [6, 6.07) is 17.0. The van der Waals surface area contributed by atoms with Crippen LogP contribution in [0.3, 0.4) is 0 Å². The van der Waals surface area contributed by atoms with Gasteiger partial charge in [0.25, 0.3) is 11.8 Å². The van der Waals surface area contributed by atoms with Crippen molar-refractivity contribution in [1.29, 1.82) is 0 Å². The van der Waals surface area contributed by atoms with Crippen LogP contribution >= 0.6 is 0 Å². The molecule has 1 saturated heterocycles. The van der Waals surface area contributed by atoms with Crippen LogP contribution in [-0.4, -0.2) is 47.2 Å². The summed E-state index contributed by atoms with van der Waals surface area (Å²) in [5.74, 6) is -0.609. The molecule has 154 valence electrons. The maximum atomic E-state index is 13.3. The zero-order valence-electron chi connectivity index (χ0n) is 17.1. The Kier molecular flexibility index (Phi) is 5.65. The van der Waals surface area contributed by atoms with Crippen LogP contribution in [0.5, 0.6) is 0 Å². The van der Waals surface area contributed by atoms with Gasteiger partial charge in [0.1, 0.15) is 5.70 Å². The van der Waals surface area contributed by atoms with Crippen LogP contribution in [0.15, 0.2) is 60.3 Å². The molecule has 0 spiro atoms. The molecule has 0 atom stereocenters. The number of nitrogens with one attached hydrogen (secondary N) is 1. The molecule has 2 aliphatic rings. The summed E-state index contributed by atoms with van der Waals surface area (Å²) in [6.07, 6.45) is 2.66. The van der Waals surface area contributed by atoms with Gasteiger partial charge in [-0.25, -0.2) is 0 Å². The predicted octanol–water partition coefficient (Wildman–Crippen LogP) is 3.06. The van der Waals surface area contributed by atoms with Crippen LogP contribution in [0.25, 0.3) is 5.57 Å². The van der Waals surface area contributed by atoms with Gasteiger partial charge in [0.15, 0.2) is 0 Å². The average Bonchev–Trinajstić information content (AvgIpc) is 3.34. The number of carbonyl (C=O) groups is 3. The van der Waals surface area contributed by atoms with E-state index < -0.39 is 0 Å². The Morgan fingerprint density at radius 3 is 2.23 bits per heavy atom. The fourth-order valence-corrected chi connectivity index (χ4v) is 4.07. The summed E-state index contributed by atoms with van der Waals surface area (Å²) >= 11 is 0. The molecule has 1 N–H and O–H groups in total. The highest BCUT2D eigenvalue weighted by molar-refractivity contribution is 6.35. The van der Waals surface area contributed by atoms with Gasteiger partial charge in [-0.15, -0.1) is 0 Å². The van der Waals surface area contributed by atoms with Crippen molar-refractivity contribution in [3.05, 3.63) is 71.4 Å². The van der Waals surface area contributed by atoms with E-state index in [1.54, 1.807) is 24.3 Å². The molecule has 2 aromatic rings. The second kappa shape index (κ2) is 8.53. The number of nitrogens with zero attached hydrogens (tertiary/aromatic N) is 2. The van der Waals surface area contributed by atoms with Crippen LogP contribution in [0.4, 0.5) is 5.69 Å². The lowest BCUT2D eigenvalue weighted by Gasteiger charge is -2.20. The van der Waals surface area contributed by atoms with Crippen LogP contribution < -0.4 is 5.32 Å². The second-order valence-corrected chi connectivity index (χ2v) is 7.67. The number of hydrogen-bond acceptors (Lipinski definition) is 4. The molecular formula is C24H25N3O3. The van der Waals surface area contributed by atoms with Crippen molar-refractivity contribution < 1.29 is 14.4 Å². The maximum absolute atomic E-state index is 13.3. The molecule has 0 unspecified atom stereocenters. The molecule has 0 bridgehead atoms. The van der Waals surface area contributed by atoms with Gasteiger partial charge >= 0.3 is 0 Å². The number of amides is 3. The van der Waals surface area contributed by atoms with Crippen LogP contribution in [0, 0.1) is 0 Å². The summed E-state index contributed by atoms with van der Waals surface area (Å²) < 4.78 is 0. The highest BCUT2D eigenvalue weighted by Gasteiger charge is 2.41. The Morgan fingerprint density at radius 2 is 1.60 bits per heavy atom. The fraction of sp³-hybridized carbons (Fsp3) is 0.292. The van der Waals surface area contributed by atoms with Crippen molar-refractivity contribution in [2.45, 2.75) is 26.2 Å². The van der Waals surface area contributed by atoms with E-state index in [1.807, 2.05) is 35.2 Å². The molecule has 6 heteroatoms. The molecule has 0 saturated carbocycles. The van der Waals surface area contributed by atoms with Gasteiger partial charge in [-0.05, 0) is 42.5 Å². The molecule has 2 heterocycles. The van der Waals surface area contributed by atoms with Gasteiger partial charge in [-0.3, -0.25) is 19.3 Å². The van der Waals surface area contributed by atoms with Crippen LogP contribution in [-0.2, 0) is 20.8 Å². The van der Waals surface area contributed by atoms with Gasteiger partial charge in [0.2, 0.25) is 5.91 Å². The minimum atomic E-state index is -0.245. The lowest BCUT2D eigenvalue weighted by molar-refractivity contribution is -0.137. The Labute approximate surface area is 176 Å². The van der Waals surface area contributed by atoms with Crippen molar-refractivity contribution >= 4 is 29.0 Å². The first-order chi connectivity index (χ1) is 14.5. The van der Waals surface area contributed by atoms with Crippen LogP contribution in [0.1, 0.15) is 30.9 Å². The average molecular weight is 403 g/mol. The molecule has 2 aromatic carbocycles. The molecule has 4 rings (SSSR count). The third kappa shape index (κ3) is 3.99. The van der Waals surface area contributed by atoms with E-state index in [4.69, 9.17) is 0 Å². The summed E-state index contributed by atoms with van der Waals surface area (Å²) in [5.41, 5.74) is 3.43. The largest absolute Gasteiger partial charge is 0.366 e. The zero-order valence-corrected chi connectivity index (χ0v) is 17.1. The number of rotatable bonds is 6. The van der Waals surface area contributed by atoms with Crippen molar-refractivity contribution in [2.24, 2.45) is 0 Å². The zero-order chi connectivity index (χ0) is 21.1. The summed E-state index contributed by atoms with van der Waals surface area (Å²) in [6.45, 7) is 3.38. The lowest BCUT2D eigenvalue weighted by atomic mass is 10.0. The summed E-state index contributed by atoms with van der Waals surface area (Å²) in [5, 5.41) is 2.73. The maximum Gasteiger partial charge on any atom is 0.277 e. The SMILES string of the molecule is CC(=O)Nc1ccc(C2=C(N3CCCC3)C(=O)N(CCc3ccccc3)C2=O)cc1. The minimum absolute atomic E-state index is 0.154. The molecule has 2 aliphatic heterocycles. The monoisotopic (exact) mass is 403 g/mol. The smallest absolute Gasteiger partial charge is 0.277 e. The van der Waals surface area contributed by atoms with E-state index >= 15 is 0 Å². The molecule has 1 fully saturated rings. The van der Waals surface area contributed by atoms with E-state index in [-0.39, 0.29) is 17.7 Å². The molecule has 6 nitrogen and oxygen atoms in total. The highest BCUT2D eigenvalue weighted by atomic mass is 16.2. The number of anilines is 1. The first kappa shape index (κ1) is 19.9. The third-order valence-electron chi connectivity index (χ3n) is 5.53. The number of hydrogen-bond donors (Lipinski definition) is 1. The number of imide groups is 1. The van der Waals surface area contributed by atoms with E-state index in [0.717, 1.165) is 31.5 Å². The molecule has 30 heavy (non-hydrogen) atoms. The van der Waals surface area contributed by atoms with E-state index in [0.29, 0.717) is 35.5 Å². The first-order valence-electron chi connectivity index (χ1n) is 10.3. The lowest BCUT2D eigenvalue weighted by Crippen LogP contribution is -2.36. The Hall–Kier alpha value is -3.41. The number of benzene rings is 2. The third-order valence-corrected chi connectivity index (χ3v) is 5.53. The molecule has 0 aliphatic carbocycles. The highest BCUT2D eigenvalue weighted by Crippen LogP contribution is 2.34. The first-order valence-corrected chi connectivity index (χ1v) is 10.3. The molecular weight excluding hydrogens is 378 g/mol. The van der Waals surface area contributed by atoms with Gasteiger partial charge in [-0.1, -0.05) is 42.5 Å². The minimum Gasteiger partial charge on any atom is -0.366 e. The number of carbonyl (C=O) groups excluding carboxylic acids is 3. The van der Waals surface area contributed by atoms with Gasteiger partial charge in [0.05, 0.1) is 5.57 Å². The molecule has 0 radical (unpaired) electrons. The second-order valence-electron chi connectivity index (χ2n) is 7.67. The van der Waals surface area contributed by atoms with E-state index in [2.05, 4.69) is 5.32 Å². The topological polar surface area (TPSA) is 69.7 Å². The van der Waals surface area contributed by atoms with Crippen molar-refractivity contribution in [3.63, 3.8) is 0 Å². The van der Waals surface area contributed by atoms with E-state index in [9.17, 15) is 14.4 Å². The van der Waals surface area contributed by atoms with Crippen molar-refractivity contribution in [1.82, 2.24) is 9.80 Å².